The lowest BCUT2D eigenvalue weighted by Crippen LogP contribution is -2.25. The smallest absolute Gasteiger partial charge is 0.265 e. The van der Waals surface area contributed by atoms with Crippen LogP contribution >= 0.6 is 35.2 Å². The van der Waals surface area contributed by atoms with Crippen LogP contribution in [-0.2, 0) is 13.6 Å². The molecule has 0 atom stereocenters. The number of halogens is 1. The Balaban J connectivity index is 1.83. The number of benzene rings is 2. The van der Waals surface area contributed by atoms with Crippen LogP contribution in [0.3, 0.4) is 0 Å². The molecule has 8 heteroatoms. The summed E-state index contributed by atoms with van der Waals surface area (Å²) in [6, 6.07) is 14.6. The van der Waals surface area contributed by atoms with E-state index < -0.39 is 0 Å². The van der Waals surface area contributed by atoms with Gasteiger partial charge in [-0.2, -0.15) is 0 Å². The van der Waals surface area contributed by atoms with Crippen LogP contribution in [-0.4, -0.2) is 14.9 Å². The number of hydrogen-bond acceptors (Lipinski definition) is 4. The largest absolute Gasteiger partial charge is 0.347 e. The summed E-state index contributed by atoms with van der Waals surface area (Å²) in [6.45, 7) is 0.289. The summed E-state index contributed by atoms with van der Waals surface area (Å²) in [5.74, 6) is -0.293. The standard InChI is InChI=1S/C19H14ClN3O2S2/c1-22-17-15(16(24)21-10-11-6-2-4-8-13(11)20)27-19(26)23(17)14-9-5-3-7-12(14)18(22)25/h2-9H,10H2,1H3,(H,21,24). The Hall–Kier alpha value is -2.48. The molecule has 27 heavy (non-hydrogen) atoms. The molecular formula is C19H14ClN3O2S2. The zero-order chi connectivity index (χ0) is 19.1. The van der Waals surface area contributed by atoms with Crippen molar-refractivity contribution < 1.29 is 4.79 Å². The zero-order valence-electron chi connectivity index (χ0n) is 14.2. The van der Waals surface area contributed by atoms with E-state index in [0.29, 0.717) is 30.4 Å². The summed E-state index contributed by atoms with van der Waals surface area (Å²) >= 11 is 12.8. The number of carbonyl (C=O) groups excluding carboxylic acids is 1. The number of carbonyl (C=O) groups is 1. The number of thiazole rings is 1. The fourth-order valence-corrected chi connectivity index (χ4v) is 4.63. The van der Waals surface area contributed by atoms with Crippen molar-refractivity contribution in [3.05, 3.63) is 78.3 Å². The average Bonchev–Trinajstić information content (AvgIpc) is 3.03. The molecular weight excluding hydrogens is 402 g/mol. The summed E-state index contributed by atoms with van der Waals surface area (Å²) < 4.78 is 3.76. The molecule has 1 N–H and O–H groups in total. The lowest BCUT2D eigenvalue weighted by atomic mass is 10.2. The third-order valence-electron chi connectivity index (χ3n) is 4.39. The minimum atomic E-state index is -0.293. The minimum absolute atomic E-state index is 0.168. The Morgan fingerprint density at radius 3 is 2.67 bits per heavy atom. The van der Waals surface area contributed by atoms with Gasteiger partial charge >= 0.3 is 0 Å². The van der Waals surface area contributed by atoms with Crippen LogP contribution in [0.4, 0.5) is 0 Å². The number of aryl methyl sites for hydroxylation is 1. The molecule has 4 aromatic rings. The Labute approximate surface area is 168 Å². The van der Waals surface area contributed by atoms with Gasteiger partial charge in [0.15, 0.2) is 3.95 Å². The Morgan fingerprint density at radius 1 is 1.19 bits per heavy atom. The number of nitrogens with one attached hydrogen (secondary N) is 1. The molecule has 0 saturated carbocycles. The van der Waals surface area contributed by atoms with Crippen molar-refractivity contribution in [2.75, 3.05) is 0 Å². The van der Waals surface area contributed by atoms with Gasteiger partial charge in [0.25, 0.3) is 11.5 Å². The predicted molar refractivity (Wildman–Crippen MR) is 111 cm³/mol. The summed E-state index contributed by atoms with van der Waals surface area (Å²) in [5.41, 5.74) is 1.84. The predicted octanol–water partition coefficient (Wildman–Crippen LogP) is 4.17. The first-order valence-electron chi connectivity index (χ1n) is 8.14. The van der Waals surface area contributed by atoms with Crippen LogP contribution in [0.15, 0.2) is 53.3 Å². The van der Waals surface area contributed by atoms with E-state index in [1.54, 1.807) is 23.6 Å². The summed E-state index contributed by atoms with van der Waals surface area (Å²) in [5, 5.41) is 4.02. The molecule has 2 aromatic carbocycles. The number of hydrogen-bond donors (Lipinski definition) is 1. The van der Waals surface area contributed by atoms with E-state index >= 15 is 0 Å². The van der Waals surface area contributed by atoms with E-state index in [9.17, 15) is 9.59 Å². The molecule has 2 aromatic heterocycles. The molecule has 1 amide bonds. The molecule has 0 aliphatic heterocycles. The highest BCUT2D eigenvalue weighted by Gasteiger charge is 2.20. The van der Waals surface area contributed by atoms with Crippen molar-refractivity contribution >= 4 is 57.6 Å². The number of amides is 1. The lowest BCUT2D eigenvalue weighted by molar-refractivity contribution is 0.0956. The summed E-state index contributed by atoms with van der Waals surface area (Å²) in [6.07, 6.45) is 0. The van der Waals surface area contributed by atoms with Gasteiger partial charge in [-0.15, -0.1) is 0 Å². The molecule has 0 unspecified atom stereocenters. The highest BCUT2D eigenvalue weighted by atomic mass is 35.5. The Morgan fingerprint density at radius 2 is 1.89 bits per heavy atom. The number of fused-ring (bicyclic) bond motifs is 3. The van der Waals surface area contributed by atoms with E-state index in [0.717, 1.165) is 5.56 Å². The molecule has 5 nitrogen and oxygen atoms in total. The average molecular weight is 416 g/mol. The van der Waals surface area contributed by atoms with Gasteiger partial charge < -0.3 is 5.32 Å². The normalized spacial score (nSPS) is 11.2. The van der Waals surface area contributed by atoms with Gasteiger partial charge in [0.1, 0.15) is 10.5 Å². The number of para-hydroxylation sites is 1. The molecule has 0 saturated heterocycles. The third kappa shape index (κ3) is 2.97. The van der Waals surface area contributed by atoms with Gasteiger partial charge in [0.05, 0.1) is 10.9 Å². The number of nitrogens with zero attached hydrogens (tertiary/aromatic N) is 2. The van der Waals surface area contributed by atoms with Crippen molar-refractivity contribution in [2.45, 2.75) is 6.54 Å². The van der Waals surface area contributed by atoms with Crippen LogP contribution in [0, 0.1) is 3.95 Å². The first-order chi connectivity index (χ1) is 13.0. The van der Waals surface area contributed by atoms with Gasteiger partial charge in [-0.05, 0) is 36.0 Å². The Kier molecular flexibility index (Phi) is 4.59. The van der Waals surface area contributed by atoms with Crippen LogP contribution in [0.2, 0.25) is 5.02 Å². The number of aromatic nitrogens is 2. The van der Waals surface area contributed by atoms with Crippen LogP contribution in [0.1, 0.15) is 15.2 Å². The van der Waals surface area contributed by atoms with Crippen LogP contribution in [0.5, 0.6) is 0 Å². The van der Waals surface area contributed by atoms with Gasteiger partial charge in [-0.3, -0.25) is 18.6 Å². The van der Waals surface area contributed by atoms with Crippen molar-refractivity contribution in [3.63, 3.8) is 0 Å². The molecule has 136 valence electrons. The van der Waals surface area contributed by atoms with Gasteiger partial charge in [0, 0.05) is 18.6 Å². The van der Waals surface area contributed by atoms with Crippen LogP contribution in [0.25, 0.3) is 16.6 Å². The monoisotopic (exact) mass is 415 g/mol. The summed E-state index contributed by atoms with van der Waals surface area (Å²) in [7, 11) is 1.65. The van der Waals surface area contributed by atoms with Gasteiger partial charge in [0.2, 0.25) is 0 Å². The quantitative estimate of drug-likeness (QED) is 0.511. The van der Waals surface area contributed by atoms with Crippen molar-refractivity contribution in [3.8, 4) is 0 Å². The SMILES string of the molecule is Cn1c(=O)c2ccccc2n2c(=S)sc(C(=O)NCc3ccccc3Cl)c12. The first kappa shape index (κ1) is 17.9. The summed E-state index contributed by atoms with van der Waals surface area (Å²) in [4.78, 5) is 26.0. The maximum Gasteiger partial charge on any atom is 0.265 e. The molecule has 2 heterocycles. The molecule has 0 aliphatic carbocycles. The zero-order valence-corrected chi connectivity index (χ0v) is 16.6. The van der Waals surface area contributed by atoms with E-state index in [4.69, 9.17) is 23.8 Å². The van der Waals surface area contributed by atoms with E-state index in [-0.39, 0.29) is 18.0 Å². The molecule has 0 fully saturated rings. The maximum atomic E-state index is 12.8. The fourth-order valence-electron chi connectivity index (χ4n) is 3.05. The van der Waals surface area contributed by atoms with Crippen molar-refractivity contribution in [1.82, 2.24) is 14.3 Å². The van der Waals surface area contributed by atoms with Gasteiger partial charge in [-0.25, -0.2) is 0 Å². The molecule has 0 spiro atoms. The third-order valence-corrected chi connectivity index (χ3v) is 6.12. The second-order valence-electron chi connectivity index (χ2n) is 6.01. The molecule has 0 radical (unpaired) electrons. The molecule has 4 rings (SSSR count). The van der Waals surface area contributed by atoms with Crippen LogP contribution < -0.4 is 10.9 Å². The molecule has 0 bridgehead atoms. The lowest BCUT2D eigenvalue weighted by Gasteiger charge is -2.09. The van der Waals surface area contributed by atoms with Crippen molar-refractivity contribution in [1.29, 1.82) is 0 Å². The highest BCUT2D eigenvalue weighted by Crippen LogP contribution is 2.24. The molecule has 0 aliphatic rings. The minimum Gasteiger partial charge on any atom is -0.347 e. The van der Waals surface area contributed by atoms with E-state index in [1.807, 2.05) is 36.4 Å². The van der Waals surface area contributed by atoms with Crippen molar-refractivity contribution in [2.24, 2.45) is 7.05 Å². The van der Waals surface area contributed by atoms with E-state index in [2.05, 4.69) is 5.32 Å². The topological polar surface area (TPSA) is 55.5 Å². The first-order valence-corrected chi connectivity index (χ1v) is 9.74. The second kappa shape index (κ2) is 6.92. The fraction of sp³-hybridized carbons (Fsp3) is 0.105. The number of rotatable bonds is 3. The van der Waals surface area contributed by atoms with Gasteiger partial charge in [-0.1, -0.05) is 53.3 Å². The maximum absolute atomic E-state index is 12.8. The van der Waals surface area contributed by atoms with E-state index in [1.165, 1.54) is 15.9 Å². The second-order valence-corrected chi connectivity index (χ2v) is 8.06. The highest BCUT2D eigenvalue weighted by molar-refractivity contribution is 7.73. The Bertz CT molecular complexity index is 1320.